The Morgan fingerprint density at radius 3 is 2.26 bits per heavy atom. The maximum absolute atomic E-state index is 13.0. The van der Waals surface area contributed by atoms with Crippen molar-refractivity contribution in [3.63, 3.8) is 0 Å². The van der Waals surface area contributed by atoms with Gasteiger partial charge in [0.25, 0.3) is 17.7 Å². The topological polar surface area (TPSA) is 102 Å². The molecule has 35 heavy (non-hydrogen) atoms. The summed E-state index contributed by atoms with van der Waals surface area (Å²) >= 11 is 0. The van der Waals surface area contributed by atoms with E-state index in [0.717, 1.165) is 16.0 Å². The van der Waals surface area contributed by atoms with Gasteiger partial charge in [0.15, 0.2) is 6.61 Å². The average Bonchev–Trinajstić information content (AvgIpc) is 3.12. The normalized spacial score (nSPS) is 12.3. The van der Waals surface area contributed by atoms with Gasteiger partial charge in [0.2, 0.25) is 0 Å². The van der Waals surface area contributed by atoms with E-state index in [0.29, 0.717) is 24.6 Å². The van der Waals surface area contributed by atoms with Crippen molar-refractivity contribution in [1.29, 1.82) is 0 Å². The third-order valence-electron chi connectivity index (χ3n) is 5.47. The molecule has 0 aromatic heterocycles. The van der Waals surface area contributed by atoms with Gasteiger partial charge in [-0.2, -0.15) is 0 Å². The monoisotopic (exact) mass is 472 g/mol. The van der Waals surface area contributed by atoms with Crippen molar-refractivity contribution in [3.05, 3.63) is 94.5 Å². The van der Waals surface area contributed by atoms with Gasteiger partial charge in [0, 0.05) is 6.54 Å². The van der Waals surface area contributed by atoms with E-state index in [1.165, 1.54) is 18.2 Å². The van der Waals surface area contributed by atoms with Crippen molar-refractivity contribution in [2.45, 2.75) is 20.4 Å². The maximum Gasteiger partial charge on any atom is 0.338 e. The molecule has 3 amide bonds. The summed E-state index contributed by atoms with van der Waals surface area (Å²) in [5, 5.41) is 2.69. The van der Waals surface area contributed by atoms with Crippen LogP contribution in [0.15, 0.2) is 66.7 Å². The molecular weight excluding hydrogens is 448 g/mol. The molecule has 8 heteroatoms. The molecule has 0 fully saturated rings. The van der Waals surface area contributed by atoms with E-state index in [4.69, 9.17) is 9.47 Å². The van der Waals surface area contributed by atoms with Crippen LogP contribution in [0.2, 0.25) is 0 Å². The number of esters is 1. The molecule has 1 N–H and O–H groups in total. The Kier molecular flexibility index (Phi) is 6.91. The predicted octanol–water partition coefficient (Wildman–Crippen LogP) is 3.67. The third-order valence-corrected chi connectivity index (χ3v) is 5.47. The molecule has 8 nitrogen and oxygen atoms in total. The first-order chi connectivity index (χ1) is 16.9. The maximum atomic E-state index is 13.0. The van der Waals surface area contributed by atoms with Gasteiger partial charge in [-0.1, -0.05) is 29.8 Å². The Balaban J connectivity index is 1.38. The molecular formula is C27H24N2O6. The molecule has 0 aliphatic carbocycles. The molecule has 0 saturated carbocycles. The van der Waals surface area contributed by atoms with Gasteiger partial charge in [-0.15, -0.1) is 0 Å². The van der Waals surface area contributed by atoms with E-state index in [1.807, 2.05) is 38.1 Å². The van der Waals surface area contributed by atoms with E-state index < -0.39 is 30.3 Å². The van der Waals surface area contributed by atoms with Gasteiger partial charge in [0.05, 0.1) is 29.0 Å². The first kappa shape index (κ1) is 23.7. The van der Waals surface area contributed by atoms with Crippen LogP contribution in [-0.4, -0.2) is 36.9 Å². The Labute approximate surface area is 202 Å². The fraction of sp³-hybridized carbons (Fsp3) is 0.185. The summed E-state index contributed by atoms with van der Waals surface area (Å²) in [5.41, 5.74) is 2.80. The number of fused-ring (bicyclic) bond motifs is 1. The molecule has 0 saturated heterocycles. The van der Waals surface area contributed by atoms with Gasteiger partial charge >= 0.3 is 5.97 Å². The summed E-state index contributed by atoms with van der Waals surface area (Å²) in [6.45, 7) is 4.18. The largest absolute Gasteiger partial charge is 0.494 e. The summed E-state index contributed by atoms with van der Waals surface area (Å²) in [6, 6.07) is 18.4. The molecule has 3 aromatic carbocycles. The quantitative estimate of drug-likeness (QED) is 0.397. The van der Waals surface area contributed by atoms with Crippen molar-refractivity contribution in [3.8, 4) is 5.75 Å². The molecule has 0 atom stereocenters. The van der Waals surface area contributed by atoms with Crippen LogP contribution in [0.1, 0.15) is 49.1 Å². The van der Waals surface area contributed by atoms with Crippen molar-refractivity contribution in [2.75, 3.05) is 18.1 Å². The summed E-state index contributed by atoms with van der Waals surface area (Å²) in [7, 11) is 0. The lowest BCUT2D eigenvalue weighted by atomic mass is 10.1. The highest BCUT2D eigenvalue weighted by Gasteiger charge is 2.37. The number of aryl methyl sites for hydroxylation is 1. The lowest BCUT2D eigenvalue weighted by molar-refractivity contribution is -0.124. The van der Waals surface area contributed by atoms with E-state index in [-0.39, 0.29) is 16.7 Å². The number of benzene rings is 3. The fourth-order valence-electron chi connectivity index (χ4n) is 3.63. The molecule has 0 spiro atoms. The molecule has 1 heterocycles. The Hall–Kier alpha value is -4.46. The fourth-order valence-corrected chi connectivity index (χ4v) is 3.63. The Bertz CT molecular complexity index is 1280. The molecule has 1 aliphatic heterocycles. The highest BCUT2D eigenvalue weighted by atomic mass is 16.5. The minimum Gasteiger partial charge on any atom is -0.494 e. The second kappa shape index (κ2) is 10.2. The minimum absolute atomic E-state index is 0.0739. The smallest absolute Gasteiger partial charge is 0.338 e. The molecule has 178 valence electrons. The summed E-state index contributed by atoms with van der Waals surface area (Å²) in [6.07, 6.45) is 0. The van der Waals surface area contributed by atoms with Crippen LogP contribution in [0.5, 0.6) is 5.75 Å². The van der Waals surface area contributed by atoms with Gasteiger partial charge < -0.3 is 14.8 Å². The number of ether oxygens (including phenoxy) is 2. The Morgan fingerprint density at radius 1 is 0.886 bits per heavy atom. The van der Waals surface area contributed by atoms with Crippen molar-refractivity contribution >= 4 is 29.4 Å². The summed E-state index contributed by atoms with van der Waals surface area (Å²) < 4.78 is 10.5. The second-order valence-electron chi connectivity index (χ2n) is 7.97. The average molecular weight is 472 g/mol. The number of carbonyl (C=O) groups is 4. The second-order valence-corrected chi connectivity index (χ2v) is 7.97. The van der Waals surface area contributed by atoms with Crippen LogP contribution in [0.3, 0.4) is 0 Å². The van der Waals surface area contributed by atoms with E-state index in [2.05, 4.69) is 5.32 Å². The highest BCUT2D eigenvalue weighted by molar-refractivity contribution is 6.34. The number of carbonyl (C=O) groups excluding carboxylic acids is 4. The van der Waals surface area contributed by atoms with E-state index >= 15 is 0 Å². The van der Waals surface area contributed by atoms with E-state index in [1.54, 1.807) is 24.3 Å². The first-order valence-electron chi connectivity index (χ1n) is 11.1. The van der Waals surface area contributed by atoms with E-state index in [9.17, 15) is 19.2 Å². The minimum atomic E-state index is -0.766. The SMILES string of the molecule is CCOc1ccc(N2C(=O)c3ccc(C(=O)OCC(=O)NCc4ccc(C)cc4)cc3C2=O)cc1. The standard InChI is InChI=1S/C27H24N2O6/c1-3-34-21-11-9-20(10-12-21)29-25(31)22-13-8-19(14-23(22)26(29)32)27(33)35-16-24(30)28-15-18-6-4-17(2)5-7-18/h4-14H,3,15-16H2,1-2H3,(H,28,30). The lowest BCUT2D eigenvalue weighted by Crippen LogP contribution is -2.29. The van der Waals surface area contributed by atoms with Crippen molar-refractivity contribution in [1.82, 2.24) is 5.32 Å². The number of hydrogen-bond donors (Lipinski definition) is 1. The summed E-state index contributed by atoms with van der Waals surface area (Å²) in [4.78, 5) is 51.4. The number of anilines is 1. The number of hydrogen-bond acceptors (Lipinski definition) is 6. The molecule has 4 rings (SSSR count). The van der Waals surface area contributed by atoms with Crippen LogP contribution in [0.4, 0.5) is 5.69 Å². The highest BCUT2D eigenvalue weighted by Crippen LogP contribution is 2.30. The number of amides is 3. The van der Waals surface area contributed by atoms with Crippen molar-refractivity contribution < 1.29 is 28.7 Å². The number of nitrogens with zero attached hydrogens (tertiary/aromatic N) is 1. The van der Waals surface area contributed by atoms with Crippen molar-refractivity contribution in [2.24, 2.45) is 0 Å². The molecule has 0 unspecified atom stereocenters. The molecule has 3 aromatic rings. The number of imide groups is 1. The molecule has 1 aliphatic rings. The summed E-state index contributed by atoms with van der Waals surface area (Å²) in [5.74, 6) is -1.61. The Morgan fingerprint density at radius 2 is 1.57 bits per heavy atom. The van der Waals surface area contributed by atoms with Gasteiger partial charge in [-0.05, 0) is 61.9 Å². The van der Waals surface area contributed by atoms with Crippen LogP contribution >= 0.6 is 0 Å². The van der Waals surface area contributed by atoms with Gasteiger partial charge in [-0.25, -0.2) is 9.69 Å². The van der Waals surface area contributed by atoms with Gasteiger partial charge in [0.1, 0.15) is 5.75 Å². The third kappa shape index (κ3) is 5.22. The zero-order chi connectivity index (χ0) is 24.9. The predicted molar refractivity (Wildman–Crippen MR) is 129 cm³/mol. The number of rotatable bonds is 8. The molecule has 0 radical (unpaired) electrons. The first-order valence-corrected chi connectivity index (χ1v) is 11.1. The zero-order valence-electron chi connectivity index (χ0n) is 19.4. The van der Waals surface area contributed by atoms with Crippen LogP contribution in [0.25, 0.3) is 0 Å². The van der Waals surface area contributed by atoms with Gasteiger partial charge in [-0.3, -0.25) is 14.4 Å². The van der Waals surface area contributed by atoms with Crippen LogP contribution in [0, 0.1) is 6.92 Å². The lowest BCUT2D eigenvalue weighted by Gasteiger charge is -2.14. The van der Waals surface area contributed by atoms with Crippen LogP contribution in [-0.2, 0) is 16.1 Å². The van der Waals surface area contributed by atoms with Crippen LogP contribution < -0.4 is 15.0 Å². The molecule has 0 bridgehead atoms. The number of nitrogens with one attached hydrogen (secondary N) is 1. The zero-order valence-corrected chi connectivity index (χ0v) is 19.4.